The Morgan fingerprint density at radius 2 is 1.84 bits per heavy atom. The van der Waals surface area contributed by atoms with Crippen LogP contribution < -0.4 is 10.1 Å². The van der Waals surface area contributed by atoms with Gasteiger partial charge < -0.3 is 10.1 Å². The van der Waals surface area contributed by atoms with E-state index in [1.807, 2.05) is 30.3 Å². The van der Waals surface area contributed by atoms with Gasteiger partial charge in [-0.25, -0.2) is 0 Å². The van der Waals surface area contributed by atoms with E-state index in [1.54, 1.807) is 0 Å². The van der Waals surface area contributed by atoms with E-state index in [0.717, 1.165) is 25.3 Å². The predicted molar refractivity (Wildman–Crippen MR) is 80.6 cm³/mol. The molecule has 0 aromatic heterocycles. The third kappa shape index (κ3) is 4.54. The SMILES string of the molecule is CC(C)(C)NCC1(CCOc2ccccc2)CCC1. The molecule has 1 N–H and O–H groups in total. The normalized spacial score (nSPS) is 17.8. The smallest absolute Gasteiger partial charge is 0.119 e. The van der Waals surface area contributed by atoms with Crippen molar-refractivity contribution >= 4 is 0 Å². The van der Waals surface area contributed by atoms with Gasteiger partial charge in [-0.2, -0.15) is 0 Å². The first kappa shape index (κ1) is 14.4. The minimum atomic E-state index is 0.211. The van der Waals surface area contributed by atoms with Crippen LogP contribution in [0.25, 0.3) is 0 Å². The lowest BCUT2D eigenvalue weighted by atomic mass is 9.66. The molecule has 19 heavy (non-hydrogen) atoms. The van der Waals surface area contributed by atoms with Gasteiger partial charge in [0, 0.05) is 12.1 Å². The van der Waals surface area contributed by atoms with Crippen molar-refractivity contribution in [2.75, 3.05) is 13.2 Å². The molecule has 2 heteroatoms. The molecule has 106 valence electrons. The van der Waals surface area contributed by atoms with Gasteiger partial charge in [0.25, 0.3) is 0 Å². The molecule has 1 aromatic rings. The third-order valence-electron chi connectivity index (χ3n) is 4.05. The van der Waals surface area contributed by atoms with Crippen molar-refractivity contribution in [3.63, 3.8) is 0 Å². The number of ether oxygens (including phenoxy) is 1. The summed E-state index contributed by atoms with van der Waals surface area (Å²) in [6, 6.07) is 10.1. The van der Waals surface area contributed by atoms with E-state index in [2.05, 4.69) is 26.1 Å². The number of benzene rings is 1. The fourth-order valence-corrected chi connectivity index (χ4v) is 2.55. The third-order valence-corrected chi connectivity index (χ3v) is 4.05. The van der Waals surface area contributed by atoms with E-state index in [-0.39, 0.29) is 5.54 Å². The highest BCUT2D eigenvalue weighted by Crippen LogP contribution is 2.43. The van der Waals surface area contributed by atoms with Gasteiger partial charge in [0.2, 0.25) is 0 Å². The monoisotopic (exact) mass is 261 g/mol. The van der Waals surface area contributed by atoms with Crippen LogP contribution in [0.4, 0.5) is 0 Å². The Labute approximate surface area is 117 Å². The summed E-state index contributed by atoms with van der Waals surface area (Å²) in [5, 5.41) is 3.66. The highest BCUT2D eigenvalue weighted by atomic mass is 16.5. The van der Waals surface area contributed by atoms with Crippen LogP contribution in [0.5, 0.6) is 5.75 Å². The Morgan fingerprint density at radius 3 is 2.37 bits per heavy atom. The molecule has 0 aliphatic heterocycles. The second-order valence-corrected chi connectivity index (χ2v) is 6.87. The van der Waals surface area contributed by atoms with Gasteiger partial charge in [-0.15, -0.1) is 0 Å². The van der Waals surface area contributed by atoms with E-state index >= 15 is 0 Å². The molecule has 1 aliphatic rings. The molecule has 0 radical (unpaired) electrons. The van der Waals surface area contributed by atoms with Crippen molar-refractivity contribution < 1.29 is 4.74 Å². The average Bonchev–Trinajstić information content (AvgIpc) is 2.31. The van der Waals surface area contributed by atoms with Crippen LogP contribution in [-0.2, 0) is 0 Å². The molecule has 1 fully saturated rings. The standard InChI is InChI=1S/C17H27NO/c1-16(2,3)18-14-17(10-7-11-17)12-13-19-15-8-5-4-6-9-15/h4-6,8-9,18H,7,10-14H2,1-3H3. The van der Waals surface area contributed by atoms with Crippen molar-refractivity contribution in [2.45, 2.75) is 52.0 Å². The summed E-state index contributed by atoms with van der Waals surface area (Å²) in [5.74, 6) is 0.987. The van der Waals surface area contributed by atoms with Gasteiger partial charge in [0.05, 0.1) is 6.61 Å². The molecular formula is C17H27NO. The van der Waals surface area contributed by atoms with Gasteiger partial charge >= 0.3 is 0 Å². The van der Waals surface area contributed by atoms with Crippen molar-refractivity contribution in [3.05, 3.63) is 30.3 Å². The fourth-order valence-electron chi connectivity index (χ4n) is 2.55. The summed E-state index contributed by atoms with van der Waals surface area (Å²) in [4.78, 5) is 0. The molecule has 1 saturated carbocycles. The number of hydrogen-bond donors (Lipinski definition) is 1. The number of nitrogens with one attached hydrogen (secondary N) is 1. The molecule has 2 rings (SSSR count). The molecule has 2 nitrogen and oxygen atoms in total. The summed E-state index contributed by atoms with van der Waals surface area (Å²) in [5.41, 5.74) is 0.685. The molecule has 0 saturated heterocycles. The Hall–Kier alpha value is -1.02. The number of para-hydroxylation sites is 1. The molecule has 0 amide bonds. The Kier molecular flexibility index (Phi) is 4.51. The molecule has 0 spiro atoms. The summed E-state index contributed by atoms with van der Waals surface area (Å²) in [6.07, 6.45) is 5.21. The molecule has 0 heterocycles. The quantitative estimate of drug-likeness (QED) is 0.835. The van der Waals surface area contributed by atoms with Crippen LogP contribution in [0, 0.1) is 5.41 Å². The van der Waals surface area contributed by atoms with Crippen molar-refractivity contribution in [1.82, 2.24) is 5.32 Å². The first-order chi connectivity index (χ1) is 8.99. The fraction of sp³-hybridized carbons (Fsp3) is 0.647. The highest BCUT2D eigenvalue weighted by molar-refractivity contribution is 5.20. The molecular weight excluding hydrogens is 234 g/mol. The lowest BCUT2D eigenvalue weighted by Gasteiger charge is -2.44. The average molecular weight is 261 g/mol. The zero-order valence-corrected chi connectivity index (χ0v) is 12.5. The van der Waals surface area contributed by atoms with Crippen molar-refractivity contribution in [3.8, 4) is 5.75 Å². The first-order valence-corrected chi connectivity index (χ1v) is 7.42. The topological polar surface area (TPSA) is 21.3 Å². The lowest BCUT2D eigenvalue weighted by Crippen LogP contribution is -2.47. The largest absolute Gasteiger partial charge is 0.494 e. The minimum absolute atomic E-state index is 0.211. The van der Waals surface area contributed by atoms with E-state index in [9.17, 15) is 0 Å². The maximum atomic E-state index is 5.84. The van der Waals surface area contributed by atoms with E-state index in [1.165, 1.54) is 19.3 Å². The highest BCUT2D eigenvalue weighted by Gasteiger charge is 2.37. The van der Waals surface area contributed by atoms with Crippen molar-refractivity contribution in [1.29, 1.82) is 0 Å². The molecule has 0 bridgehead atoms. The summed E-state index contributed by atoms with van der Waals surface area (Å²) >= 11 is 0. The van der Waals surface area contributed by atoms with Crippen LogP contribution in [0.2, 0.25) is 0 Å². The lowest BCUT2D eigenvalue weighted by molar-refractivity contribution is 0.0837. The van der Waals surface area contributed by atoms with Gasteiger partial charge in [0.1, 0.15) is 5.75 Å². The van der Waals surface area contributed by atoms with Crippen LogP contribution in [0.1, 0.15) is 46.5 Å². The number of hydrogen-bond acceptors (Lipinski definition) is 2. The van der Waals surface area contributed by atoms with Gasteiger partial charge in [-0.05, 0) is 57.6 Å². The Bertz CT molecular complexity index is 376. The van der Waals surface area contributed by atoms with Crippen LogP contribution in [0.15, 0.2) is 30.3 Å². The molecule has 1 aliphatic carbocycles. The zero-order chi connectivity index (χ0) is 13.8. The summed E-state index contributed by atoms with van der Waals surface area (Å²) < 4.78 is 5.84. The Morgan fingerprint density at radius 1 is 1.16 bits per heavy atom. The van der Waals surface area contributed by atoms with Gasteiger partial charge in [-0.1, -0.05) is 24.6 Å². The Balaban J connectivity index is 1.76. The van der Waals surface area contributed by atoms with Crippen LogP contribution in [-0.4, -0.2) is 18.7 Å². The van der Waals surface area contributed by atoms with Crippen molar-refractivity contribution in [2.24, 2.45) is 5.41 Å². The van der Waals surface area contributed by atoms with Gasteiger partial charge in [-0.3, -0.25) is 0 Å². The summed E-state index contributed by atoms with van der Waals surface area (Å²) in [7, 11) is 0. The predicted octanol–water partition coefficient (Wildman–Crippen LogP) is 4.01. The maximum Gasteiger partial charge on any atom is 0.119 e. The first-order valence-electron chi connectivity index (χ1n) is 7.42. The molecule has 1 aromatic carbocycles. The molecule has 0 unspecified atom stereocenters. The van der Waals surface area contributed by atoms with E-state index in [0.29, 0.717) is 5.41 Å². The van der Waals surface area contributed by atoms with Gasteiger partial charge in [0.15, 0.2) is 0 Å². The molecule has 0 atom stereocenters. The second-order valence-electron chi connectivity index (χ2n) is 6.87. The summed E-state index contributed by atoms with van der Waals surface area (Å²) in [6.45, 7) is 8.66. The van der Waals surface area contributed by atoms with Crippen LogP contribution in [0.3, 0.4) is 0 Å². The van der Waals surface area contributed by atoms with Crippen LogP contribution >= 0.6 is 0 Å². The van der Waals surface area contributed by atoms with E-state index in [4.69, 9.17) is 4.74 Å². The maximum absolute atomic E-state index is 5.84. The number of rotatable bonds is 6. The second kappa shape index (κ2) is 5.96. The minimum Gasteiger partial charge on any atom is -0.494 e. The zero-order valence-electron chi connectivity index (χ0n) is 12.5. The van der Waals surface area contributed by atoms with E-state index < -0.39 is 0 Å².